The van der Waals surface area contributed by atoms with Crippen LogP contribution in [0.5, 0.6) is 0 Å². The molecule has 1 aromatic heterocycles. The lowest BCUT2D eigenvalue weighted by atomic mass is 10.1. The first kappa shape index (κ1) is 19.4. The summed E-state index contributed by atoms with van der Waals surface area (Å²) in [6.07, 6.45) is 2.08. The van der Waals surface area contributed by atoms with Crippen LogP contribution in [0.25, 0.3) is 6.08 Å². The number of rotatable bonds is 5. The van der Waals surface area contributed by atoms with Gasteiger partial charge in [0.2, 0.25) is 0 Å². The maximum atomic E-state index is 12.2. The van der Waals surface area contributed by atoms with Crippen LogP contribution >= 0.6 is 0 Å². The summed E-state index contributed by atoms with van der Waals surface area (Å²) in [4.78, 5) is 24.3. The fraction of sp³-hybridized carbons (Fsp3) is 0.350. The molecule has 0 aliphatic rings. The van der Waals surface area contributed by atoms with Gasteiger partial charge in [-0.15, -0.1) is 0 Å². The maximum absolute atomic E-state index is 12.2. The second-order valence-corrected chi connectivity index (χ2v) is 6.43. The van der Waals surface area contributed by atoms with E-state index >= 15 is 0 Å². The number of ether oxygens (including phenoxy) is 1. The van der Waals surface area contributed by atoms with E-state index in [-0.39, 0.29) is 5.91 Å². The van der Waals surface area contributed by atoms with E-state index in [1.165, 1.54) is 6.08 Å². The topological polar surface area (TPSA) is 73.2 Å². The van der Waals surface area contributed by atoms with Gasteiger partial charge in [0.1, 0.15) is 0 Å². The number of nitrogens with one attached hydrogen (secondary N) is 1. The lowest BCUT2D eigenvalue weighted by Crippen LogP contribution is -2.29. The van der Waals surface area contributed by atoms with Crippen LogP contribution in [0, 0.1) is 27.7 Å². The molecule has 1 amide bonds. The highest BCUT2D eigenvalue weighted by Gasteiger charge is 2.17. The zero-order valence-electron chi connectivity index (χ0n) is 16.1. The number of benzene rings is 1. The number of nitrogens with zero attached hydrogens (tertiary/aromatic N) is 2. The van der Waals surface area contributed by atoms with Gasteiger partial charge >= 0.3 is 5.97 Å². The van der Waals surface area contributed by atoms with Crippen LogP contribution in [-0.2, 0) is 21.4 Å². The van der Waals surface area contributed by atoms with E-state index in [4.69, 9.17) is 4.74 Å². The van der Waals surface area contributed by atoms with Crippen molar-refractivity contribution in [3.8, 4) is 0 Å². The largest absolute Gasteiger partial charge is 0.449 e. The summed E-state index contributed by atoms with van der Waals surface area (Å²) in [5.41, 5.74) is 5.43. The van der Waals surface area contributed by atoms with Gasteiger partial charge in [0.05, 0.1) is 5.69 Å². The lowest BCUT2D eigenvalue weighted by Gasteiger charge is -2.14. The molecule has 2 aromatic rings. The van der Waals surface area contributed by atoms with Crippen molar-refractivity contribution >= 4 is 23.6 Å². The van der Waals surface area contributed by atoms with Gasteiger partial charge in [-0.3, -0.25) is 9.48 Å². The molecule has 0 fully saturated rings. The molecule has 0 aliphatic heterocycles. The van der Waals surface area contributed by atoms with Crippen molar-refractivity contribution in [2.45, 2.75) is 40.7 Å². The van der Waals surface area contributed by atoms with Crippen LogP contribution in [-0.4, -0.2) is 27.8 Å². The van der Waals surface area contributed by atoms with E-state index in [0.29, 0.717) is 5.69 Å². The molecular formula is C20H25N3O3. The van der Waals surface area contributed by atoms with Crippen molar-refractivity contribution < 1.29 is 14.3 Å². The summed E-state index contributed by atoms with van der Waals surface area (Å²) in [6.45, 7) is 9.25. The van der Waals surface area contributed by atoms with Crippen LogP contribution < -0.4 is 5.32 Å². The minimum absolute atomic E-state index is 0.368. The third-order valence-corrected chi connectivity index (χ3v) is 4.25. The number of hydrogen-bond donors (Lipinski definition) is 1. The van der Waals surface area contributed by atoms with Crippen LogP contribution in [0.3, 0.4) is 0 Å². The molecule has 0 saturated heterocycles. The molecule has 0 aliphatic carbocycles. The third kappa shape index (κ3) is 4.59. The molecule has 1 heterocycles. The van der Waals surface area contributed by atoms with Gasteiger partial charge < -0.3 is 10.1 Å². The minimum Gasteiger partial charge on any atom is -0.449 e. The minimum atomic E-state index is -0.899. The molecule has 0 spiro atoms. The van der Waals surface area contributed by atoms with Crippen LogP contribution in [0.4, 0.5) is 5.69 Å². The van der Waals surface area contributed by atoms with Crippen molar-refractivity contribution in [2.24, 2.45) is 7.05 Å². The van der Waals surface area contributed by atoms with Gasteiger partial charge in [-0.2, -0.15) is 5.10 Å². The summed E-state index contributed by atoms with van der Waals surface area (Å²) in [5.74, 6) is -0.941. The average Bonchev–Trinajstić information content (AvgIpc) is 2.80. The number of esters is 1. The van der Waals surface area contributed by atoms with Crippen LogP contribution in [0.2, 0.25) is 0 Å². The summed E-state index contributed by atoms with van der Waals surface area (Å²) < 4.78 is 6.94. The van der Waals surface area contributed by atoms with E-state index < -0.39 is 12.1 Å². The molecule has 0 unspecified atom stereocenters. The Kier molecular flexibility index (Phi) is 5.97. The average molecular weight is 355 g/mol. The first-order valence-corrected chi connectivity index (χ1v) is 8.46. The molecule has 26 heavy (non-hydrogen) atoms. The van der Waals surface area contributed by atoms with E-state index in [1.54, 1.807) is 17.7 Å². The summed E-state index contributed by atoms with van der Waals surface area (Å²) >= 11 is 0. The van der Waals surface area contributed by atoms with Crippen LogP contribution in [0.1, 0.15) is 35.0 Å². The van der Waals surface area contributed by atoms with Crippen molar-refractivity contribution in [3.63, 3.8) is 0 Å². The predicted molar refractivity (Wildman–Crippen MR) is 102 cm³/mol. The zero-order valence-corrected chi connectivity index (χ0v) is 16.1. The summed E-state index contributed by atoms with van der Waals surface area (Å²) in [6, 6.07) is 5.74. The number of hydrogen-bond acceptors (Lipinski definition) is 4. The number of anilines is 1. The van der Waals surface area contributed by atoms with Gasteiger partial charge in [-0.05, 0) is 52.3 Å². The molecule has 6 nitrogen and oxygen atoms in total. The van der Waals surface area contributed by atoms with Crippen molar-refractivity contribution in [2.75, 3.05) is 5.32 Å². The Labute approximate surface area is 153 Å². The van der Waals surface area contributed by atoms with Crippen molar-refractivity contribution in [3.05, 3.63) is 52.4 Å². The molecule has 1 N–H and O–H groups in total. The highest BCUT2D eigenvalue weighted by molar-refractivity contribution is 5.97. The van der Waals surface area contributed by atoms with Crippen molar-refractivity contribution in [1.29, 1.82) is 0 Å². The maximum Gasteiger partial charge on any atom is 0.331 e. The molecule has 0 bridgehead atoms. The van der Waals surface area contributed by atoms with Gasteiger partial charge in [-0.1, -0.05) is 17.7 Å². The Morgan fingerprint density at radius 1 is 1.23 bits per heavy atom. The Bertz CT molecular complexity index is 865. The lowest BCUT2D eigenvalue weighted by molar-refractivity contribution is -0.148. The summed E-state index contributed by atoms with van der Waals surface area (Å²) in [5, 5.41) is 7.07. The zero-order chi connectivity index (χ0) is 19.4. The fourth-order valence-corrected chi connectivity index (χ4v) is 2.64. The molecule has 0 saturated carbocycles. The summed E-state index contributed by atoms with van der Waals surface area (Å²) in [7, 11) is 1.84. The van der Waals surface area contributed by atoms with E-state index in [1.807, 2.05) is 52.9 Å². The Balaban J connectivity index is 1.97. The number of aromatic nitrogens is 2. The number of carbonyl (C=O) groups is 2. The molecule has 0 radical (unpaired) electrons. The van der Waals surface area contributed by atoms with Gasteiger partial charge in [-0.25, -0.2) is 4.79 Å². The van der Waals surface area contributed by atoms with E-state index in [9.17, 15) is 9.59 Å². The van der Waals surface area contributed by atoms with E-state index in [2.05, 4.69) is 10.4 Å². The molecule has 6 heteroatoms. The molecule has 1 atom stereocenters. The number of carbonyl (C=O) groups excluding carboxylic acids is 2. The van der Waals surface area contributed by atoms with Gasteiger partial charge in [0.15, 0.2) is 6.10 Å². The fourth-order valence-electron chi connectivity index (χ4n) is 2.64. The third-order valence-electron chi connectivity index (χ3n) is 4.25. The van der Waals surface area contributed by atoms with Gasteiger partial charge in [0.25, 0.3) is 5.91 Å². The van der Waals surface area contributed by atoms with Crippen LogP contribution in [0.15, 0.2) is 24.3 Å². The van der Waals surface area contributed by atoms with E-state index in [0.717, 1.165) is 28.1 Å². The first-order valence-electron chi connectivity index (χ1n) is 8.46. The van der Waals surface area contributed by atoms with Crippen molar-refractivity contribution in [1.82, 2.24) is 9.78 Å². The normalized spacial score (nSPS) is 12.2. The monoisotopic (exact) mass is 355 g/mol. The Morgan fingerprint density at radius 2 is 1.92 bits per heavy atom. The number of aryl methyl sites for hydroxylation is 4. The standard InChI is InChI=1S/C20H25N3O3/c1-12-7-9-18(13(2)11-12)21-20(25)16(5)26-19(24)10-8-17-14(3)22-23(6)15(17)4/h7-11,16H,1-6H3,(H,21,25)/b10-8+/t16-/m0/s1. The smallest absolute Gasteiger partial charge is 0.331 e. The molecule has 138 valence electrons. The van der Waals surface area contributed by atoms with Gasteiger partial charge in [0, 0.05) is 30.1 Å². The highest BCUT2D eigenvalue weighted by Crippen LogP contribution is 2.17. The quantitative estimate of drug-likeness (QED) is 0.660. The Hall–Kier alpha value is -2.89. The molecule has 2 rings (SSSR count). The first-order chi connectivity index (χ1) is 12.2. The predicted octanol–water partition coefficient (Wildman–Crippen LogP) is 3.24. The second-order valence-electron chi connectivity index (χ2n) is 6.43. The molecular weight excluding hydrogens is 330 g/mol. The molecule has 1 aromatic carbocycles. The highest BCUT2D eigenvalue weighted by atomic mass is 16.5. The second kappa shape index (κ2) is 7.99. The Morgan fingerprint density at radius 3 is 2.50 bits per heavy atom. The number of amides is 1. The SMILES string of the molecule is Cc1ccc(NC(=O)[C@H](C)OC(=O)/C=C/c2c(C)nn(C)c2C)c(C)c1.